The Labute approximate surface area is 138 Å². The van der Waals surface area contributed by atoms with Crippen LogP contribution in [0.5, 0.6) is 0 Å². The molecule has 0 amide bonds. The molecule has 1 heterocycles. The zero-order valence-electron chi connectivity index (χ0n) is 14.3. The van der Waals surface area contributed by atoms with Crippen molar-refractivity contribution in [3.05, 3.63) is 23.6 Å². The monoisotopic (exact) mass is 326 g/mol. The lowest BCUT2D eigenvalue weighted by molar-refractivity contribution is -0.114. The Balaban J connectivity index is 0.000000385. The van der Waals surface area contributed by atoms with Gasteiger partial charge in [-0.3, -0.25) is 9.00 Å². The maximum Gasteiger partial charge on any atom is 0.155 e. The van der Waals surface area contributed by atoms with Crippen LogP contribution in [0.2, 0.25) is 0 Å². The summed E-state index contributed by atoms with van der Waals surface area (Å²) in [4.78, 5) is 10.8. The number of carbonyl (C=O) groups is 1. The third kappa shape index (κ3) is 6.51. The van der Waals surface area contributed by atoms with Gasteiger partial charge in [0.15, 0.2) is 5.78 Å². The van der Waals surface area contributed by atoms with Gasteiger partial charge < -0.3 is 0 Å². The molecule has 1 aliphatic carbocycles. The molecule has 22 heavy (non-hydrogen) atoms. The van der Waals surface area contributed by atoms with Gasteiger partial charge in [0.05, 0.1) is 0 Å². The zero-order valence-corrected chi connectivity index (χ0v) is 15.1. The Bertz CT molecular complexity index is 537. The lowest BCUT2D eigenvalue weighted by Gasteiger charge is -2.24. The van der Waals surface area contributed by atoms with Crippen molar-refractivity contribution in [2.24, 2.45) is 22.7 Å². The molecule has 0 aromatic rings. The van der Waals surface area contributed by atoms with Gasteiger partial charge in [-0.25, -0.2) is 0 Å². The van der Waals surface area contributed by atoms with Gasteiger partial charge in [-0.1, -0.05) is 61.1 Å². The summed E-state index contributed by atoms with van der Waals surface area (Å²) in [6.45, 7) is 13.0. The lowest BCUT2D eigenvalue weighted by Crippen LogP contribution is -2.21. The van der Waals surface area contributed by atoms with Gasteiger partial charge in [-0.15, -0.1) is 0 Å². The lowest BCUT2D eigenvalue weighted by atomic mass is 9.80. The van der Waals surface area contributed by atoms with E-state index in [1.807, 2.05) is 6.08 Å². The van der Waals surface area contributed by atoms with Crippen molar-refractivity contribution in [2.75, 3.05) is 5.75 Å². The highest BCUT2D eigenvalue weighted by molar-refractivity contribution is 8.03. The standard InChI is InChI=1S/C9H16OS.C9H14O.CH4/c1-9(2,3)8-5-6-11(4,10)7-8;1-9(2,3)7-4-5-8(10)6-7;/h5-6,8H,4,7H2,1-3H3;4-5,7H,6H2,1-3H3;1H4. The van der Waals surface area contributed by atoms with Crippen LogP contribution >= 0.6 is 0 Å². The molecule has 0 aromatic carbocycles. The SMILES string of the molecule is C.C=S1(=O)C=CC(C(C)(C)C)C1.CC(C)(C)C1C=CC(=O)C1. The van der Waals surface area contributed by atoms with Gasteiger partial charge in [0, 0.05) is 12.2 Å². The van der Waals surface area contributed by atoms with E-state index in [4.69, 9.17) is 0 Å². The largest absolute Gasteiger partial charge is 0.295 e. The molecule has 2 aliphatic rings. The molecule has 3 unspecified atom stereocenters. The minimum Gasteiger partial charge on any atom is -0.295 e. The second kappa shape index (κ2) is 7.16. The molecule has 0 fully saturated rings. The predicted octanol–water partition coefficient (Wildman–Crippen LogP) is 4.71. The minimum absolute atomic E-state index is 0. The molecular weight excluding hydrogens is 292 g/mol. The van der Waals surface area contributed by atoms with Gasteiger partial charge in [0.2, 0.25) is 0 Å². The van der Waals surface area contributed by atoms with E-state index in [1.54, 1.807) is 11.5 Å². The molecule has 2 nitrogen and oxygen atoms in total. The van der Waals surface area contributed by atoms with Crippen molar-refractivity contribution in [2.45, 2.75) is 55.4 Å². The third-order valence-electron chi connectivity index (χ3n) is 4.18. The van der Waals surface area contributed by atoms with E-state index < -0.39 is 9.52 Å². The zero-order chi connectivity index (χ0) is 16.5. The van der Waals surface area contributed by atoms with E-state index in [-0.39, 0.29) is 24.0 Å². The summed E-state index contributed by atoms with van der Waals surface area (Å²) in [5.41, 5.74) is 0.482. The third-order valence-corrected chi connectivity index (χ3v) is 5.76. The van der Waals surface area contributed by atoms with E-state index in [2.05, 4.69) is 53.5 Å². The average Bonchev–Trinajstić information content (AvgIpc) is 2.83. The summed E-state index contributed by atoms with van der Waals surface area (Å²) in [5, 5.41) is 1.78. The van der Waals surface area contributed by atoms with E-state index in [9.17, 15) is 9.00 Å². The first-order valence-corrected chi connectivity index (χ1v) is 9.51. The van der Waals surface area contributed by atoms with Crippen molar-refractivity contribution in [3.63, 3.8) is 0 Å². The van der Waals surface area contributed by atoms with E-state index >= 15 is 0 Å². The van der Waals surface area contributed by atoms with Crippen molar-refractivity contribution in [1.82, 2.24) is 0 Å². The number of hydrogen-bond acceptors (Lipinski definition) is 2. The fourth-order valence-electron chi connectivity index (χ4n) is 2.36. The van der Waals surface area contributed by atoms with Crippen LogP contribution in [0.15, 0.2) is 23.6 Å². The van der Waals surface area contributed by atoms with Gasteiger partial charge >= 0.3 is 0 Å². The Kier molecular flexibility index (Phi) is 6.89. The second-order valence-electron chi connectivity index (χ2n) is 8.34. The Morgan fingerprint density at radius 1 is 1.05 bits per heavy atom. The molecule has 2 rings (SSSR count). The van der Waals surface area contributed by atoms with Gasteiger partial charge in [-0.2, -0.15) is 0 Å². The quantitative estimate of drug-likeness (QED) is 0.604. The van der Waals surface area contributed by atoms with Crippen LogP contribution in [0.3, 0.4) is 0 Å². The summed E-state index contributed by atoms with van der Waals surface area (Å²) in [6, 6.07) is 0. The van der Waals surface area contributed by atoms with Gasteiger partial charge in [-0.05, 0) is 49.5 Å². The summed E-state index contributed by atoms with van der Waals surface area (Å²) in [7, 11) is -1.86. The van der Waals surface area contributed by atoms with E-state index in [0.717, 1.165) is 5.75 Å². The predicted molar refractivity (Wildman–Crippen MR) is 101 cm³/mol. The first kappa shape index (κ1) is 21.2. The highest BCUT2D eigenvalue weighted by Gasteiger charge is 2.28. The van der Waals surface area contributed by atoms with E-state index in [1.165, 1.54) is 0 Å². The average molecular weight is 327 g/mol. The summed E-state index contributed by atoms with van der Waals surface area (Å²) < 4.78 is 11.4. The fourth-order valence-corrected chi connectivity index (χ4v) is 4.17. The summed E-state index contributed by atoms with van der Waals surface area (Å²) in [6.07, 6.45) is 6.50. The topological polar surface area (TPSA) is 34.1 Å². The van der Waals surface area contributed by atoms with Crippen LogP contribution in [0, 0.1) is 22.7 Å². The van der Waals surface area contributed by atoms with Gasteiger partial charge in [0.25, 0.3) is 0 Å². The van der Waals surface area contributed by atoms with Crippen molar-refractivity contribution in [1.29, 1.82) is 0 Å². The molecule has 0 saturated carbocycles. The second-order valence-corrected chi connectivity index (χ2v) is 10.7. The highest BCUT2D eigenvalue weighted by Crippen LogP contribution is 2.33. The fraction of sp³-hybridized carbons (Fsp3) is 0.684. The molecule has 1 aliphatic heterocycles. The molecule has 0 radical (unpaired) electrons. The van der Waals surface area contributed by atoms with Crippen LogP contribution in [-0.4, -0.2) is 21.6 Å². The van der Waals surface area contributed by atoms with Crippen molar-refractivity contribution >= 4 is 21.2 Å². The maximum absolute atomic E-state index is 11.4. The Morgan fingerprint density at radius 3 is 1.73 bits per heavy atom. The van der Waals surface area contributed by atoms with Gasteiger partial charge in [0.1, 0.15) is 0 Å². The smallest absolute Gasteiger partial charge is 0.155 e. The summed E-state index contributed by atoms with van der Waals surface area (Å²) in [5.74, 6) is 5.58. The molecule has 3 atom stereocenters. The number of rotatable bonds is 0. The van der Waals surface area contributed by atoms with Crippen LogP contribution in [0.4, 0.5) is 0 Å². The maximum atomic E-state index is 11.4. The number of hydrogen-bond donors (Lipinski definition) is 0. The number of carbonyl (C=O) groups excluding carboxylic acids is 1. The number of allylic oxidation sites excluding steroid dienone is 3. The molecule has 0 aromatic heterocycles. The molecule has 0 saturated heterocycles. The Hall–Kier alpha value is -0.830. The van der Waals surface area contributed by atoms with Crippen LogP contribution < -0.4 is 0 Å². The minimum atomic E-state index is -1.86. The van der Waals surface area contributed by atoms with E-state index in [0.29, 0.717) is 18.3 Å². The normalized spacial score (nSPS) is 30.7. The molecule has 0 spiro atoms. The van der Waals surface area contributed by atoms with Crippen LogP contribution in [-0.2, 0) is 14.3 Å². The molecular formula is C19H34O2S. The highest BCUT2D eigenvalue weighted by atomic mass is 32.2. The van der Waals surface area contributed by atoms with Crippen molar-refractivity contribution in [3.8, 4) is 0 Å². The first-order chi connectivity index (χ1) is 9.31. The molecule has 3 heteroatoms. The first-order valence-electron chi connectivity index (χ1n) is 7.55. The Morgan fingerprint density at radius 2 is 1.55 bits per heavy atom. The summed E-state index contributed by atoms with van der Waals surface area (Å²) >= 11 is 0. The van der Waals surface area contributed by atoms with Crippen LogP contribution in [0.1, 0.15) is 55.4 Å². The molecule has 0 bridgehead atoms. The number of ketones is 1. The van der Waals surface area contributed by atoms with Crippen LogP contribution in [0.25, 0.3) is 0 Å². The molecule has 128 valence electrons. The van der Waals surface area contributed by atoms with Crippen molar-refractivity contribution < 1.29 is 9.00 Å². The molecule has 0 N–H and O–H groups in total.